The third-order valence-electron chi connectivity index (χ3n) is 5.55. The maximum atomic E-state index is 12.8. The Morgan fingerprint density at radius 1 is 1.00 bits per heavy atom. The number of anilines is 2. The molecule has 2 aromatic rings. The van der Waals surface area contributed by atoms with Crippen LogP contribution in [-0.4, -0.2) is 47.5 Å². The summed E-state index contributed by atoms with van der Waals surface area (Å²) >= 11 is 0. The fourth-order valence-electron chi connectivity index (χ4n) is 3.66. The van der Waals surface area contributed by atoms with Crippen LogP contribution in [0.3, 0.4) is 0 Å². The van der Waals surface area contributed by atoms with E-state index in [1.54, 1.807) is 24.0 Å². The molecule has 7 nitrogen and oxygen atoms in total. The van der Waals surface area contributed by atoms with Gasteiger partial charge in [0.15, 0.2) is 0 Å². The normalized spacial score (nSPS) is 14.1. The number of nitrogens with one attached hydrogen (secondary N) is 1. The molecule has 0 aliphatic carbocycles. The third kappa shape index (κ3) is 4.50. The lowest BCUT2D eigenvalue weighted by Gasteiger charge is -2.37. The topological polar surface area (TPSA) is 74.7 Å². The highest BCUT2D eigenvalue weighted by Crippen LogP contribution is 2.23. The molecule has 154 valence electrons. The molecule has 0 spiro atoms. The van der Waals surface area contributed by atoms with E-state index in [1.807, 2.05) is 0 Å². The summed E-state index contributed by atoms with van der Waals surface area (Å²) in [7, 11) is 0. The van der Waals surface area contributed by atoms with Crippen molar-refractivity contribution in [1.29, 1.82) is 0 Å². The van der Waals surface area contributed by atoms with Crippen molar-refractivity contribution in [2.75, 3.05) is 36.4 Å². The number of rotatable bonds is 4. The minimum Gasteiger partial charge on any atom is -0.368 e. The van der Waals surface area contributed by atoms with Gasteiger partial charge in [-0.05, 0) is 50.1 Å². The Bertz CT molecular complexity index is 988. The number of pyridine rings is 1. The van der Waals surface area contributed by atoms with E-state index in [4.69, 9.17) is 0 Å². The number of piperazine rings is 1. The molecular formula is C22H28N4O3. The number of nitrogens with zero attached hydrogens (tertiary/aromatic N) is 3. The Balaban J connectivity index is 1.68. The number of amides is 2. The first kappa shape index (κ1) is 20.6. The lowest BCUT2D eigenvalue weighted by molar-refractivity contribution is -0.132. The monoisotopic (exact) mass is 396 g/mol. The summed E-state index contributed by atoms with van der Waals surface area (Å²) in [6.45, 7) is 10.1. The molecule has 1 saturated heterocycles. The van der Waals surface area contributed by atoms with Crippen LogP contribution in [0.4, 0.5) is 11.4 Å². The van der Waals surface area contributed by atoms with Gasteiger partial charge in [0.1, 0.15) is 12.2 Å². The van der Waals surface area contributed by atoms with Crippen LogP contribution < -0.4 is 15.8 Å². The Morgan fingerprint density at radius 2 is 1.69 bits per heavy atom. The van der Waals surface area contributed by atoms with Gasteiger partial charge in [0.05, 0.1) is 0 Å². The second-order valence-corrected chi connectivity index (χ2v) is 7.55. The van der Waals surface area contributed by atoms with Crippen LogP contribution in [0.2, 0.25) is 0 Å². The first-order valence-corrected chi connectivity index (χ1v) is 9.85. The van der Waals surface area contributed by atoms with Crippen LogP contribution in [0.5, 0.6) is 0 Å². The molecule has 1 aromatic carbocycles. The van der Waals surface area contributed by atoms with Crippen molar-refractivity contribution in [2.45, 2.75) is 34.2 Å². The highest BCUT2D eigenvalue weighted by Gasteiger charge is 2.23. The lowest BCUT2D eigenvalue weighted by atomic mass is 10.1. The van der Waals surface area contributed by atoms with Gasteiger partial charge in [0.2, 0.25) is 11.8 Å². The molecule has 0 unspecified atom stereocenters. The van der Waals surface area contributed by atoms with Crippen molar-refractivity contribution < 1.29 is 9.59 Å². The van der Waals surface area contributed by atoms with E-state index >= 15 is 0 Å². The average molecular weight is 396 g/mol. The summed E-state index contributed by atoms with van der Waals surface area (Å²) in [6, 6.07) is 9.60. The minimum atomic E-state index is -0.359. The molecule has 1 fully saturated rings. The lowest BCUT2D eigenvalue weighted by Crippen LogP contribution is -2.50. The van der Waals surface area contributed by atoms with E-state index in [-0.39, 0.29) is 29.6 Å². The first-order valence-electron chi connectivity index (χ1n) is 9.85. The molecule has 7 heteroatoms. The number of benzene rings is 1. The number of aromatic nitrogens is 1. The van der Waals surface area contributed by atoms with Crippen LogP contribution >= 0.6 is 0 Å². The highest BCUT2D eigenvalue weighted by molar-refractivity contribution is 5.88. The number of hydrogen-bond acceptors (Lipinski definition) is 4. The van der Waals surface area contributed by atoms with Gasteiger partial charge in [-0.15, -0.1) is 0 Å². The van der Waals surface area contributed by atoms with E-state index in [0.29, 0.717) is 18.8 Å². The molecule has 3 rings (SSSR count). The minimum absolute atomic E-state index is 0.0262. The molecule has 1 aliphatic rings. The van der Waals surface area contributed by atoms with Crippen LogP contribution in [0, 0.1) is 20.8 Å². The van der Waals surface area contributed by atoms with Gasteiger partial charge < -0.3 is 19.7 Å². The van der Waals surface area contributed by atoms with Crippen LogP contribution in [0.25, 0.3) is 0 Å². The number of aryl methyl sites for hydroxylation is 2. The fourth-order valence-corrected chi connectivity index (χ4v) is 3.66. The van der Waals surface area contributed by atoms with E-state index < -0.39 is 0 Å². The zero-order valence-corrected chi connectivity index (χ0v) is 17.5. The smallest absolute Gasteiger partial charge is 0.274 e. The second kappa shape index (κ2) is 8.51. The van der Waals surface area contributed by atoms with Gasteiger partial charge in [0.25, 0.3) is 5.56 Å². The van der Waals surface area contributed by atoms with Crippen molar-refractivity contribution in [1.82, 2.24) is 9.47 Å². The van der Waals surface area contributed by atoms with Crippen LogP contribution in [0.1, 0.15) is 23.7 Å². The molecule has 0 atom stereocenters. The highest BCUT2D eigenvalue weighted by atomic mass is 16.2. The number of carbonyl (C=O) groups is 2. The molecule has 0 bridgehead atoms. The number of carbonyl (C=O) groups excluding carboxylic acids is 2. The summed E-state index contributed by atoms with van der Waals surface area (Å²) in [5.41, 5.74) is 4.26. The molecule has 1 aromatic heterocycles. The second-order valence-electron chi connectivity index (χ2n) is 7.55. The molecule has 1 aliphatic heterocycles. The molecule has 0 radical (unpaired) electrons. The SMILES string of the molecule is CC(=O)Nc1ccc(C)n(CC(=O)N2CCN(c3cccc(C)c3C)CC2)c1=O. The Hall–Kier alpha value is -3.09. The summed E-state index contributed by atoms with van der Waals surface area (Å²) < 4.78 is 1.42. The summed E-state index contributed by atoms with van der Waals surface area (Å²) in [4.78, 5) is 40.8. The fraction of sp³-hybridized carbons (Fsp3) is 0.409. The predicted molar refractivity (Wildman–Crippen MR) is 114 cm³/mol. The van der Waals surface area contributed by atoms with Gasteiger partial charge in [-0.25, -0.2) is 0 Å². The molecular weight excluding hydrogens is 368 g/mol. The van der Waals surface area contributed by atoms with Crippen molar-refractivity contribution in [3.63, 3.8) is 0 Å². The van der Waals surface area contributed by atoms with Gasteiger partial charge in [0, 0.05) is 44.5 Å². The average Bonchev–Trinajstić information content (AvgIpc) is 2.69. The van der Waals surface area contributed by atoms with Crippen molar-refractivity contribution in [3.8, 4) is 0 Å². The summed E-state index contributed by atoms with van der Waals surface area (Å²) in [6.07, 6.45) is 0. The molecule has 29 heavy (non-hydrogen) atoms. The number of hydrogen-bond donors (Lipinski definition) is 1. The molecule has 2 amide bonds. The molecule has 1 N–H and O–H groups in total. The van der Waals surface area contributed by atoms with E-state index in [1.165, 1.54) is 28.3 Å². The van der Waals surface area contributed by atoms with Gasteiger partial charge >= 0.3 is 0 Å². The predicted octanol–water partition coefficient (Wildman–Crippen LogP) is 2.08. The van der Waals surface area contributed by atoms with E-state index in [2.05, 4.69) is 42.3 Å². The van der Waals surface area contributed by atoms with E-state index in [9.17, 15) is 14.4 Å². The largest absolute Gasteiger partial charge is 0.368 e. The standard InChI is InChI=1S/C22H28N4O3/c1-15-6-5-7-20(17(15)3)24-10-12-25(13-11-24)21(28)14-26-16(2)8-9-19(22(26)29)23-18(4)27/h5-9H,10-14H2,1-4H3,(H,23,27). The Labute approximate surface area is 170 Å². The molecule has 0 saturated carbocycles. The zero-order valence-electron chi connectivity index (χ0n) is 17.5. The van der Waals surface area contributed by atoms with Crippen LogP contribution in [0.15, 0.2) is 35.1 Å². The Morgan fingerprint density at radius 3 is 2.34 bits per heavy atom. The van der Waals surface area contributed by atoms with Crippen LogP contribution in [-0.2, 0) is 16.1 Å². The van der Waals surface area contributed by atoms with Gasteiger partial charge in [-0.2, -0.15) is 0 Å². The summed E-state index contributed by atoms with van der Waals surface area (Å²) in [5.74, 6) is -0.401. The maximum Gasteiger partial charge on any atom is 0.274 e. The third-order valence-corrected chi connectivity index (χ3v) is 5.55. The van der Waals surface area contributed by atoms with Gasteiger partial charge in [-0.1, -0.05) is 12.1 Å². The van der Waals surface area contributed by atoms with E-state index in [0.717, 1.165) is 13.1 Å². The van der Waals surface area contributed by atoms with Crippen molar-refractivity contribution >= 4 is 23.2 Å². The maximum absolute atomic E-state index is 12.8. The quantitative estimate of drug-likeness (QED) is 0.859. The van der Waals surface area contributed by atoms with Gasteiger partial charge in [-0.3, -0.25) is 14.4 Å². The summed E-state index contributed by atoms with van der Waals surface area (Å²) in [5, 5.41) is 2.52. The first-order chi connectivity index (χ1) is 13.8. The molecule has 2 heterocycles. The van der Waals surface area contributed by atoms with Crippen molar-refractivity contribution in [2.24, 2.45) is 0 Å². The zero-order chi connectivity index (χ0) is 21.1. The van der Waals surface area contributed by atoms with Crippen molar-refractivity contribution in [3.05, 3.63) is 57.5 Å². The Kier molecular flexibility index (Phi) is 6.06.